The van der Waals surface area contributed by atoms with Crippen molar-refractivity contribution in [3.8, 4) is 0 Å². The maximum absolute atomic E-state index is 5.75. The van der Waals surface area contributed by atoms with Gasteiger partial charge in [0.05, 0.1) is 14.7 Å². The van der Waals surface area contributed by atoms with Gasteiger partial charge in [0.2, 0.25) is 0 Å². The number of hydrogen-bond donors (Lipinski definition) is 1. The van der Waals surface area contributed by atoms with Crippen LogP contribution in [0.2, 0.25) is 0 Å². The van der Waals surface area contributed by atoms with Crippen molar-refractivity contribution in [2.75, 3.05) is 5.73 Å². The molecule has 2 N–H and O–H groups in total. The summed E-state index contributed by atoms with van der Waals surface area (Å²) >= 11 is 6.54. The second kappa shape index (κ2) is 4.83. The highest BCUT2D eigenvalue weighted by molar-refractivity contribution is 9.10. The minimum absolute atomic E-state index is 0.755. The summed E-state index contributed by atoms with van der Waals surface area (Å²) in [6, 6.07) is 5.73. The summed E-state index contributed by atoms with van der Waals surface area (Å²) in [5.74, 6) is 0. The van der Waals surface area contributed by atoms with Crippen LogP contribution >= 0.6 is 39.0 Å². The van der Waals surface area contributed by atoms with Crippen LogP contribution in [0.25, 0.3) is 10.2 Å². The Bertz CT molecular complexity index is 713. The first-order chi connectivity index (χ1) is 8.72. The Kier molecular flexibility index (Phi) is 3.19. The molecule has 18 heavy (non-hydrogen) atoms. The molecule has 2 heterocycles. The summed E-state index contributed by atoms with van der Waals surface area (Å²) in [4.78, 5) is 12.7. The Morgan fingerprint density at radius 3 is 3.06 bits per heavy atom. The fourth-order valence-electron chi connectivity index (χ4n) is 1.42. The first-order valence-corrected chi connectivity index (χ1v) is 7.44. The number of nitrogens with zero attached hydrogens (tertiary/aromatic N) is 3. The van der Waals surface area contributed by atoms with E-state index in [1.165, 1.54) is 18.1 Å². The molecule has 0 fully saturated rings. The van der Waals surface area contributed by atoms with Gasteiger partial charge in [0.25, 0.3) is 0 Å². The van der Waals surface area contributed by atoms with Gasteiger partial charge in [0, 0.05) is 11.9 Å². The highest BCUT2D eigenvalue weighted by Crippen LogP contribution is 2.36. The predicted molar refractivity (Wildman–Crippen MR) is 77.9 cm³/mol. The van der Waals surface area contributed by atoms with Crippen LogP contribution in [-0.4, -0.2) is 15.0 Å². The van der Waals surface area contributed by atoms with E-state index in [9.17, 15) is 0 Å². The first kappa shape index (κ1) is 11.9. The van der Waals surface area contributed by atoms with Crippen molar-refractivity contribution in [2.45, 2.75) is 9.37 Å². The highest BCUT2D eigenvalue weighted by atomic mass is 79.9. The Labute approximate surface area is 120 Å². The predicted octanol–water partition coefficient (Wildman–Crippen LogP) is 3.58. The van der Waals surface area contributed by atoms with E-state index in [4.69, 9.17) is 5.73 Å². The zero-order chi connectivity index (χ0) is 12.5. The van der Waals surface area contributed by atoms with E-state index in [1.54, 1.807) is 17.5 Å². The van der Waals surface area contributed by atoms with Crippen LogP contribution in [0.5, 0.6) is 0 Å². The molecular formula is C11H7BrN4S2. The minimum atomic E-state index is 0.755. The summed E-state index contributed by atoms with van der Waals surface area (Å²) in [5, 5.41) is 0.858. The van der Waals surface area contributed by atoms with Gasteiger partial charge in [-0.25, -0.2) is 15.0 Å². The molecule has 3 aromatic rings. The van der Waals surface area contributed by atoms with Crippen molar-refractivity contribution in [3.63, 3.8) is 0 Å². The van der Waals surface area contributed by atoms with Crippen molar-refractivity contribution in [1.82, 2.24) is 15.0 Å². The fraction of sp³-hybridized carbons (Fsp3) is 0. The van der Waals surface area contributed by atoms with Crippen LogP contribution in [0, 0.1) is 0 Å². The maximum atomic E-state index is 5.75. The molecule has 3 rings (SSSR count). The third-order valence-electron chi connectivity index (χ3n) is 2.21. The van der Waals surface area contributed by atoms with Gasteiger partial charge < -0.3 is 5.73 Å². The van der Waals surface area contributed by atoms with Gasteiger partial charge >= 0.3 is 0 Å². The number of thiazole rings is 1. The molecule has 0 saturated heterocycles. The van der Waals surface area contributed by atoms with E-state index in [1.807, 2.05) is 18.2 Å². The second-order valence-electron chi connectivity index (χ2n) is 3.48. The lowest BCUT2D eigenvalue weighted by atomic mass is 10.3. The van der Waals surface area contributed by atoms with Crippen LogP contribution in [-0.2, 0) is 0 Å². The molecule has 90 valence electrons. The van der Waals surface area contributed by atoms with E-state index in [0.29, 0.717) is 0 Å². The van der Waals surface area contributed by atoms with Crippen LogP contribution in [0.15, 0.2) is 44.6 Å². The Morgan fingerprint density at radius 1 is 1.33 bits per heavy atom. The zero-order valence-electron chi connectivity index (χ0n) is 9.00. The Morgan fingerprint density at radius 2 is 2.22 bits per heavy atom. The summed E-state index contributed by atoms with van der Waals surface area (Å²) in [6.45, 7) is 0. The van der Waals surface area contributed by atoms with Gasteiger partial charge in [-0.1, -0.05) is 0 Å². The molecule has 7 heteroatoms. The average Bonchev–Trinajstić information content (AvgIpc) is 2.73. The van der Waals surface area contributed by atoms with Crippen molar-refractivity contribution < 1.29 is 0 Å². The lowest BCUT2D eigenvalue weighted by molar-refractivity contribution is 1.02. The molecule has 0 amide bonds. The van der Waals surface area contributed by atoms with E-state index in [-0.39, 0.29) is 0 Å². The number of hydrogen-bond acceptors (Lipinski definition) is 6. The zero-order valence-corrected chi connectivity index (χ0v) is 12.2. The molecule has 4 nitrogen and oxygen atoms in total. The third-order valence-corrected chi connectivity index (χ3v) is 5.15. The van der Waals surface area contributed by atoms with Crippen molar-refractivity contribution in [1.29, 1.82) is 0 Å². The van der Waals surface area contributed by atoms with E-state index in [0.717, 1.165) is 29.7 Å². The molecular weight excluding hydrogens is 332 g/mol. The second-order valence-corrected chi connectivity index (χ2v) is 6.61. The number of rotatable bonds is 2. The number of benzene rings is 1. The number of aromatic nitrogens is 3. The molecule has 0 spiro atoms. The number of nitrogens with two attached hydrogens (primary N) is 1. The third kappa shape index (κ3) is 2.33. The van der Waals surface area contributed by atoms with Crippen molar-refractivity contribution in [3.05, 3.63) is 35.2 Å². The van der Waals surface area contributed by atoms with Gasteiger partial charge in [-0.15, -0.1) is 11.3 Å². The van der Waals surface area contributed by atoms with Crippen LogP contribution in [0.3, 0.4) is 0 Å². The van der Waals surface area contributed by atoms with Crippen LogP contribution in [0.1, 0.15) is 0 Å². The van der Waals surface area contributed by atoms with Gasteiger partial charge in [0.1, 0.15) is 11.4 Å². The van der Waals surface area contributed by atoms with Crippen molar-refractivity contribution >= 4 is 54.9 Å². The summed E-state index contributed by atoms with van der Waals surface area (Å²) < 4.78 is 2.89. The van der Waals surface area contributed by atoms with Gasteiger partial charge in [-0.2, -0.15) is 0 Å². The summed E-state index contributed by atoms with van der Waals surface area (Å²) in [6.07, 6.45) is 3.25. The lowest BCUT2D eigenvalue weighted by Gasteiger charge is -1.97. The molecule has 0 atom stereocenters. The molecule has 0 unspecified atom stereocenters. The molecule has 0 bridgehead atoms. The summed E-state index contributed by atoms with van der Waals surface area (Å²) in [7, 11) is 0. The van der Waals surface area contributed by atoms with Crippen LogP contribution in [0.4, 0.5) is 5.69 Å². The molecule has 0 aliphatic rings. The quantitative estimate of drug-likeness (QED) is 0.571. The average molecular weight is 339 g/mol. The van der Waals surface area contributed by atoms with Crippen molar-refractivity contribution in [2.24, 2.45) is 0 Å². The molecule has 2 aromatic heterocycles. The normalized spacial score (nSPS) is 10.9. The van der Waals surface area contributed by atoms with Crippen LogP contribution < -0.4 is 5.73 Å². The van der Waals surface area contributed by atoms with E-state index >= 15 is 0 Å². The lowest BCUT2D eigenvalue weighted by Crippen LogP contribution is -1.83. The first-order valence-electron chi connectivity index (χ1n) is 5.02. The number of halogens is 1. The van der Waals surface area contributed by atoms with Gasteiger partial charge in [0.15, 0.2) is 4.34 Å². The SMILES string of the molecule is Nc1ccc2nc(Sc3ncncc3Br)sc2c1. The fourth-order valence-corrected chi connectivity index (χ4v) is 3.86. The monoisotopic (exact) mass is 338 g/mol. The minimum Gasteiger partial charge on any atom is -0.399 e. The van der Waals surface area contributed by atoms with Gasteiger partial charge in [-0.05, 0) is 45.9 Å². The molecule has 0 saturated carbocycles. The Hall–Kier alpha value is -1.18. The molecule has 0 aliphatic heterocycles. The topological polar surface area (TPSA) is 64.7 Å². The smallest absolute Gasteiger partial charge is 0.157 e. The number of fused-ring (bicyclic) bond motifs is 1. The standard InChI is InChI=1S/C11H7BrN4S2/c12-7-4-14-5-15-10(7)18-11-16-8-2-1-6(13)3-9(8)17-11/h1-5H,13H2. The Balaban J connectivity index is 1.98. The van der Waals surface area contributed by atoms with E-state index < -0.39 is 0 Å². The van der Waals surface area contributed by atoms with Gasteiger partial charge in [-0.3, -0.25) is 0 Å². The maximum Gasteiger partial charge on any atom is 0.157 e. The molecule has 0 aliphatic carbocycles. The summed E-state index contributed by atoms with van der Waals surface area (Å²) in [5.41, 5.74) is 7.47. The highest BCUT2D eigenvalue weighted by Gasteiger charge is 2.09. The number of anilines is 1. The molecule has 1 aromatic carbocycles. The van der Waals surface area contributed by atoms with E-state index in [2.05, 4.69) is 30.9 Å². The largest absolute Gasteiger partial charge is 0.399 e. The number of nitrogen functional groups attached to an aromatic ring is 1. The molecule has 0 radical (unpaired) electrons.